The molecule has 0 aliphatic heterocycles. The lowest BCUT2D eigenvalue weighted by Crippen LogP contribution is -2.34. The molecule has 2 atom stereocenters. The maximum atomic E-state index is 12.3. The van der Waals surface area contributed by atoms with E-state index < -0.39 is 0 Å². The van der Waals surface area contributed by atoms with E-state index in [0.717, 1.165) is 12.2 Å². The number of likely N-dealkylation sites (N-methyl/N-ethyl adjacent to an activating group) is 1. The van der Waals surface area contributed by atoms with Gasteiger partial charge in [-0.05, 0) is 32.6 Å². The molecule has 0 spiro atoms. The smallest absolute Gasteiger partial charge is 0.230 e. The molecule has 0 aromatic heterocycles. The third kappa shape index (κ3) is 4.04. The quantitative estimate of drug-likeness (QED) is 0.849. The summed E-state index contributed by atoms with van der Waals surface area (Å²) in [5, 5.41) is 2.89. The number of nitrogens with one attached hydrogen (secondary N) is 1. The number of carbonyl (C=O) groups is 2. The summed E-state index contributed by atoms with van der Waals surface area (Å²) >= 11 is 0. The largest absolute Gasteiger partial charge is 0.355 e. The lowest BCUT2D eigenvalue weighted by molar-refractivity contribution is -0.126. The fraction of sp³-hybridized carbons (Fsp3) is 0.500. The second-order valence-corrected chi connectivity index (χ2v) is 5.78. The van der Waals surface area contributed by atoms with Crippen molar-refractivity contribution in [1.82, 2.24) is 10.2 Å². The Hall–Kier alpha value is -1.88. The molecule has 1 N–H and O–H groups in total. The molecule has 1 aromatic rings. The van der Waals surface area contributed by atoms with Crippen LogP contribution in [-0.4, -0.2) is 50.9 Å². The van der Waals surface area contributed by atoms with E-state index in [1.165, 1.54) is 0 Å². The first-order valence-corrected chi connectivity index (χ1v) is 7.25. The maximum absolute atomic E-state index is 12.3. The fourth-order valence-corrected chi connectivity index (χ4v) is 2.32. The molecular formula is C16H23N3O2. The topological polar surface area (TPSA) is 52.7 Å². The van der Waals surface area contributed by atoms with Crippen LogP contribution >= 0.6 is 0 Å². The predicted molar refractivity (Wildman–Crippen MR) is 83.0 cm³/mol. The lowest BCUT2D eigenvalue weighted by atomic mass is 10.2. The molecule has 0 radical (unpaired) electrons. The minimum absolute atomic E-state index is 0.00309. The van der Waals surface area contributed by atoms with Gasteiger partial charge in [0, 0.05) is 25.8 Å². The zero-order valence-corrected chi connectivity index (χ0v) is 12.9. The molecule has 0 bridgehead atoms. The van der Waals surface area contributed by atoms with Gasteiger partial charge in [-0.1, -0.05) is 18.2 Å². The Bertz CT molecular complexity index is 502. The van der Waals surface area contributed by atoms with Gasteiger partial charge >= 0.3 is 0 Å². The van der Waals surface area contributed by atoms with Gasteiger partial charge in [-0.15, -0.1) is 0 Å². The van der Waals surface area contributed by atoms with Crippen LogP contribution in [0.5, 0.6) is 0 Å². The van der Waals surface area contributed by atoms with Crippen LogP contribution in [0.1, 0.15) is 6.42 Å². The van der Waals surface area contributed by atoms with Crippen LogP contribution < -0.4 is 10.2 Å². The van der Waals surface area contributed by atoms with E-state index >= 15 is 0 Å². The van der Waals surface area contributed by atoms with Crippen molar-refractivity contribution in [2.24, 2.45) is 11.8 Å². The normalized spacial score (nSPS) is 20.2. The summed E-state index contributed by atoms with van der Waals surface area (Å²) in [6.45, 7) is 1.43. The van der Waals surface area contributed by atoms with Crippen LogP contribution in [0.3, 0.4) is 0 Å². The second-order valence-electron chi connectivity index (χ2n) is 5.78. The van der Waals surface area contributed by atoms with E-state index in [4.69, 9.17) is 0 Å². The molecule has 21 heavy (non-hydrogen) atoms. The van der Waals surface area contributed by atoms with Crippen LogP contribution in [0.2, 0.25) is 0 Å². The number of hydrogen-bond donors (Lipinski definition) is 1. The minimum Gasteiger partial charge on any atom is -0.355 e. The van der Waals surface area contributed by atoms with Gasteiger partial charge in [-0.3, -0.25) is 9.59 Å². The van der Waals surface area contributed by atoms with E-state index in [2.05, 4.69) is 5.32 Å². The number of para-hydroxylation sites is 1. The molecule has 1 aliphatic rings. The van der Waals surface area contributed by atoms with Crippen LogP contribution in [0, 0.1) is 11.8 Å². The molecule has 1 saturated carbocycles. The number of amides is 2. The Kier molecular flexibility index (Phi) is 4.96. The van der Waals surface area contributed by atoms with Crippen molar-refractivity contribution in [2.45, 2.75) is 6.42 Å². The average molecular weight is 289 g/mol. The zero-order chi connectivity index (χ0) is 15.4. The zero-order valence-electron chi connectivity index (χ0n) is 12.9. The Morgan fingerprint density at radius 1 is 1.14 bits per heavy atom. The van der Waals surface area contributed by atoms with Gasteiger partial charge in [-0.25, -0.2) is 0 Å². The molecule has 2 unspecified atom stereocenters. The lowest BCUT2D eigenvalue weighted by Gasteiger charge is -2.17. The van der Waals surface area contributed by atoms with Crippen molar-refractivity contribution in [3.8, 4) is 0 Å². The summed E-state index contributed by atoms with van der Waals surface area (Å²) in [5.41, 5.74) is 0.862. The standard InChI is InChI=1S/C16H23N3O2/c1-18(2)10-9-17-15(20)13-11-14(13)16(21)19(3)12-7-5-4-6-8-12/h4-8,13-14H,9-11H2,1-3H3,(H,17,20). The molecular weight excluding hydrogens is 266 g/mol. The molecule has 5 nitrogen and oxygen atoms in total. The van der Waals surface area contributed by atoms with Crippen molar-refractivity contribution in [3.63, 3.8) is 0 Å². The number of rotatable bonds is 6. The van der Waals surface area contributed by atoms with Crippen molar-refractivity contribution in [3.05, 3.63) is 30.3 Å². The van der Waals surface area contributed by atoms with Gasteiger partial charge in [0.1, 0.15) is 0 Å². The second kappa shape index (κ2) is 6.72. The van der Waals surface area contributed by atoms with E-state index in [9.17, 15) is 9.59 Å². The van der Waals surface area contributed by atoms with Gasteiger partial charge in [-0.2, -0.15) is 0 Å². The molecule has 5 heteroatoms. The summed E-state index contributed by atoms with van der Waals surface area (Å²) in [4.78, 5) is 28.0. The van der Waals surface area contributed by atoms with E-state index in [1.807, 2.05) is 49.3 Å². The number of anilines is 1. The Morgan fingerprint density at radius 3 is 2.43 bits per heavy atom. The molecule has 2 amide bonds. The first-order chi connectivity index (χ1) is 10.0. The highest BCUT2D eigenvalue weighted by Gasteiger charge is 2.49. The maximum Gasteiger partial charge on any atom is 0.230 e. The highest BCUT2D eigenvalue weighted by atomic mass is 16.2. The summed E-state index contributed by atoms with van der Waals surface area (Å²) < 4.78 is 0. The Labute approximate surface area is 125 Å². The third-order valence-electron chi connectivity index (χ3n) is 3.78. The average Bonchev–Trinajstić information content (AvgIpc) is 3.26. The molecule has 1 aromatic carbocycles. The van der Waals surface area contributed by atoms with Gasteiger partial charge in [0.25, 0.3) is 0 Å². The monoisotopic (exact) mass is 289 g/mol. The summed E-state index contributed by atoms with van der Waals surface area (Å²) in [5.74, 6) is -0.314. The molecule has 0 saturated heterocycles. The summed E-state index contributed by atoms with van der Waals surface area (Å²) in [6.07, 6.45) is 0.657. The molecule has 1 aliphatic carbocycles. The van der Waals surface area contributed by atoms with Crippen molar-refractivity contribution in [1.29, 1.82) is 0 Å². The van der Waals surface area contributed by atoms with E-state index in [0.29, 0.717) is 13.0 Å². The molecule has 2 rings (SSSR count). The van der Waals surface area contributed by atoms with Crippen molar-refractivity contribution < 1.29 is 9.59 Å². The van der Waals surface area contributed by atoms with Crippen molar-refractivity contribution >= 4 is 17.5 Å². The van der Waals surface area contributed by atoms with Gasteiger partial charge in [0.15, 0.2) is 0 Å². The van der Waals surface area contributed by atoms with Gasteiger partial charge < -0.3 is 15.1 Å². The number of hydrogen-bond acceptors (Lipinski definition) is 3. The van der Waals surface area contributed by atoms with E-state index in [1.54, 1.807) is 11.9 Å². The number of carbonyl (C=O) groups excluding carboxylic acids is 2. The summed E-state index contributed by atoms with van der Waals surface area (Å²) in [7, 11) is 5.69. The van der Waals surface area contributed by atoms with Crippen LogP contribution in [0.25, 0.3) is 0 Å². The number of benzene rings is 1. The first-order valence-electron chi connectivity index (χ1n) is 7.25. The van der Waals surface area contributed by atoms with Gasteiger partial charge in [0.2, 0.25) is 11.8 Å². The fourth-order valence-electron chi connectivity index (χ4n) is 2.32. The molecule has 114 valence electrons. The van der Waals surface area contributed by atoms with E-state index in [-0.39, 0.29) is 23.7 Å². The SMILES string of the molecule is CN(C)CCNC(=O)C1CC1C(=O)N(C)c1ccccc1. The van der Waals surface area contributed by atoms with Crippen molar-refractivity contribution in [2.75, 3.05) is 39.1 Å². The number of nitrogens with zero attached hydrogens (tertiary/aromatic N) is 2. The first kappa shape index (κ1) is 15.5. The predicted octanol–water partition coefficient (Wildman–Crippen LogP) is 0.963. The highest BCUT2D eigenvalue weighted by molar-refractivity contribution is 6.00. The van der Waals surface area contributed by atoms with Crippen LogP contribution in [-0.2, 0) is 9.59 Å². The van der Waals surface area contributed by atoms with Gasteiger partial charge in [0.05, 0.1) is 11.8 Å². The van der Waals surface area contributed by atoms with Crippen LogP contribution in [0.4, 0.5) is 5.69 Å². The summed E-state index contributed by atoms with van der Waals surface area (Å²) in [6, 6.07) is 9.51. The van der Waals surface area contributed by atoms with Crippen LogP contribution in [0.15, 0.2) is 30.3 Å². The molecule has 0 heterocycles. The molecule has 1 fully saturated rings. The third-order valence-corrected chi connectivity index (χ3v) is 3.78. The Morgan fingerprint density at radius 2 is 1.81 bits per heavy atom. The highest BCUT2D eigenvalue weighted by Crippen LogP contribution is 2.40. The Balaban J connectivity index is 1.82. The minimum atomic E-state index is -0.172.